The number of hydrogen-bond donors (Lipinski definition) is 1. The minimum atomic E-state index is -1.28. The molecule has 11 heteroatoms. The number of carbonyl (C=O) groups excluding carboxylic acids is 2. The maximum atomic E-state index is 13.2. The van der Waals surface area contributed by atoms with Crippen LogP contribution in [0.5, 0.6) is 23.0 Å². The Morgan fingerprint density at radius 1 is 1.09 bits per heavy atom. The van der Waals surface area contributed by atoms with E-state index in [4.69, 9.17) is 23.5 Å². The van der Waals surface area contributed by atoms with Crippen LogP contribution >= 0.6 is 0 Å². The number of carbonyl (C=O) groups is 2. The van der Waals surface area contributed by atoms with Crippen molar-refractivity contribution in [3.8, 4) is 34.4 Å². The van der Waals surface area contributed by atoms with E-state index in [0.717, 1.165) is 4.90 Å². The lowest BCUT2D eigenvalue weighted by atomic mass is 9.91. The molecule has 1 saturated heterocycles. The van der Waals surface area contributed by atoms with Gasteiger partial charge in [0.25, 0.3) is 5.91 Å². The summed E-state index contributed by atoms with van der Waals surface area (Å²) < 4.78 is 26.6. The molecule has 3 amide bonds. The van der Waals surface area contributed by atoms with Crippen molar-refractivity contribution < 1.29 is 33.1 Å². The van der Waals surface area contributed by atoms with Gasteiger partial charge >= 0.3 is 6.03 Å². The van der Waals surface area contributed by atoms with E-state index in [1.54, 1.807) is 50.4 Å². The van der Waals surface area contributed by atoms with Crippen molar-refractivity contribution in [3.63, 3.8) is 0 Å². The third kappa shape index (κ3) is 3.37. The molecule has 11 nitrogen and oxygen atoms in total. The minimum absolute atomic E-state index is 0.0984. The fourth-order valence-corrected chi connectivity index (χ4v) is 3.79. The molecule has 170 valence electrons. The Labute approximate surface area is 188 Å². The summed E-state index contributed by atoms with van der Waals surface area (Å²) in [5.74, 6) is 2.12. The topological polar surface area (TPSA) is 125 Å². The summed E-state index contributed by atoms with van der Waals surface area (Å²) in [5, 5.41) is 6.71. The van der Waals surface area contributed by atoms with Crippen molar-refractivity contribution in [2.24, 2.45) is 0 Å². The molecule has 33 heavy (non-hydrogen) atoms. The predicted molar refractivity (Wildman–Crippen MR) is 112 cm³/mol. The van der Waals surface area contributed by atoms with Gasteiger partial charge in [-0.05, 0) is 36.8 Å². The quantitative estimate of drug-likeness (QED) is 0.561. The largest absolute Gasteiger partial charge is 0.497 e. The first-order valence-corrected chi connectivity index (χ1v) is 10.0. The maximum absolute atomic E-state index is 13.2. The zero-order chi connectivity index (χ0) is 23.2. The minimum Gasteiger partial charge on any atom is -0.497 e. The zero-order valence-electron chi connectivity index (χ0n) is 18.1. The fourth-order valence-electron chi connectivity index (χ4n) is 3.79. The molecule has 5 rings (SSSR count). The molecule has 3 heterocycles. The van der Waals surface area contributed by atoms with Gasteiger partial charge in [-0.3, -0.25) is 9.69 Å². The smallest absolute Gasteiger partial charge is 0.325 e. The van der Waals surface area contributed by atoms with Crippen LogP contribution in [-0.4, -0.2) is 48.0 Å². The van der Waals surface area contributed by atoms with E-state index in [1.165, 1.54) is 7.11 Å². The van der Waals surface area contributed by atoms with Crippen molar-refractivity contribution >= 4 is 11.9 Å². The molecule has 0 radical (unpaired) electrons. The van der Waals surface area contributed by atoms with Gasteiger partial charge in [0.2, 0.25) is 18.5 Å². The number of benzene rings is 2. The molecule has 1 atom stereocenters. The SMILES string of the molecule is COc1ccc(-c2noc(CN3C(=O)N[C@@](C)(c4ccc5c(c4)OCO5)C3=O)n2)c(OC)c1. The van der Waals surface area contributed by atoms with Crippen LogP contribution in [-0.2, 0) is 16.9 Å². The van der Waals surface area contributed by atoms with E-state index in [0.29, 0.717) is 34.1 Å². The number of ether oxygens (including phenoxy) is 4. The summed E-state index contributed by atoms with van der Waals surface area (Å²) in [6, 6.07) is 9.71. The van der Waals surface area contributed by atoms with Crippen LogP contribution in [0.25, 0.3) is 11.4 Å². The Bertz CT molecular complexity index is 1260. The van der Waals surface area contributed by atoms with E-state index >= 15 is 0 Å². The van der Waals surface area contributed by atoms with Crippen LogP contribution in [0.15, 0.2) is 40.9 Å². The molecule has 2 aliphatic rings. The van der Waals surface area contributed by atoms with Gasteiger partial charge in [-0.25, -0.2) is 4.79 Å². The Morgan fingerprint density at radius 3 is 2.70 bits per heavy atom. The standard InChI is InChI=1S/C22H20N4O7/c1-22(12-4-7-15-17(8-12)32-11-31-15)20(27)26(21(28)24-22)10-18-23-19(25-33-18)14-6-5-13(29-2)9-16(14)30-3/h4-9H,10-11H2,1-3H3,(H,24,28)/t22-/m0/s1. The average Bonchev–Trinajstić information content (AvgIpc) is 3.54. The van der Waals surface area contributed by atoms with E-state index in [9.17, 15) is 9.59 Å². The van der Waals surface area contributed by atoms with Crippen LogP contribution in [0.3, 0.4) is 0 Å². The van der Waals surface area contributed by atoms with Crippen LogP contribution in [0.1, 0.15) is 18.4 Å². The van der Waals surface area contributed by atoms with E-state index in [1.807, 2.05) is 0 Å². The molecule has 1 N–H and O–H groups in total. The van der Waals surface area contributed by atoms with Crippen LogP contribution in [0, 0.1) is 0 Å². The molecule has 1 aromatic heterocycles. The predicted octanol–water partition coefficient (Wildman–Crippen LogP) is 2.45. The van der Waals surface area contributed by atoms with Crippen molar-refractivity contribution in [2.45, 2.75) is 19.0 Å². The lowest BCUT2D eigenvalue weighted by Gasteiger charge is -2.22. The maximum Gasteiger partial charge on any atom is 0.325 e. The number of methoxy groups -OCH3 is 2. The third-order valence-corrected chi connectivity index (χ3v) is 5.64. The van der Waals surface area contributed by atoms with Gasteiger partial charge in [-0.15, -0.1) is 0 Å². The van der Waals surface area contributed by atoms with Gasteiger partial charge in [0.15, 0.2) is 11.5 Å². The number of nitrogens with one attached hydrogen (secondary N) is 1. The number of hydrogen-bond acceptors (Lipinski definition) is 9. The second-order valence-electron chi connectivity index (χ2n) is 7.59. The van der Waals surface area contributed by atoms with Gasteiger partial charge in [0, 0.05) is 6.07 Å². The van der Waals surface area contributed by atoms with E-state index in [-0.39, 0.29) is 25.1 Å². The summed E-state index contributed by atoms with van der Waals surface area (Å²) in [4.78, 5) is 31.3. The highest BCUT2D eigenvalue weighted by molar-refractivity contribution is 6.07. The second-order valence-corrected chi connectivity index (χ2v) is 7.59. The van der Waals surface area contributed by atoms with Gasteiger partial charge in [0.05, 0.1) is 19.8 Å². The number of aromatic nitrogens is 2. The number of nitrogens with zero attached hydrogens (tertiary/aromatic N) is 3. The fraction of sp³-hybridized carbons (Fsp3) is 0.273. The van der Waals surface area contributed by atoms with E-state index < -0.39 is 17.5 Å². The van der Waals surface area contributed by atoms with Crippen molar-refractivity contribution in [3.05, 3.63) is 47.9 Å². The first-order chi connectivity index (χ1) is 15.9. The highest BCUT2D eigenvalue weighted by Gasteiger charge is 2.49. The van der Waals surface area contributed by atoms with Crippen molar-refractivity contribution in [1.82, 2.24) is 20.4 Å². The molecule has 2 aromatic carbocycles. The Balaban J connectivity index is 1.38. The molecule has 1 fully saturated rings. The van der Waals surface area contributed by atoms with E-state index in [2.05, 4.69) is 15.5 Å². The molecule has 0 unspecified atom stereocenters. The Kier molecular flexibility index (Phi) is 4.81. The van der Waals surface area contributed by atoms with Crippen LogP contribution in [0.4, 0.5) is 4.79 Å². The van der Waals surface area contributed by atoms with Crippen LogP contribution in [0.2, 0.25) is 0 Å². The number of fused-ring (bicyclic) bond motifs is 1. The normalized spacial score (nSPS) is 19.1. The molecule has 0 spiro atoms. The average molecular weight is 452 g/mol. The first-order valence-electron chi connectivity index (χ1n) is 10.0. The van der Waals surface area contributed by atoms with Gasteiger partial charge < -0.3 is 28.8 Å². The first kappa shape index (κ1) is 20.6. The molecule has 3 aromatic rings. The summed E-state index contributed by atoms with van der Waals surface area (Å²) >= 11 is 0. The third-order valence-electron chi connectivity index (χ3n) is 5.64. The number of imide groups is 1. The monoisotopic (exact) mass is 452 g/mol. The number of rotatable bonds is 6. The number of urea groups is 1. The lowest BCUT2D eigenvalue weighted by molar-refractivity contribution is -0.131. The molecular formula is C22H20N4O7. The highest BCUT2D eigenvalue weighted by Crippen LogP contribution is 2.38. The summed E-state index contributed by atoms with van der Waals surface area (Å²) in [6.45, 7) is 1.56. The number of amides is 3. The highest BCUT2D eigenvalue weighted by atomic mass is 16.7. The summed E-state index contributed by atoms with van der Waals surface area (Å²) in [5.41, 5.74) is -0.127. The van der Waals surface area contributed by atoms with Gasteiger partial charge in [0.1, 0.15) is 23.6 Å². The van der Waals surface area contributed by atoms with Gasteiger partial charge in [-0.2, -0.15) is 4.98 Å². The van der Waals surface area contributed by atoms with Crippen molar-refractivity contribution in [1.29, 1.82) is 0 Å². The van der Waals surface area contributed by atoms with Crippen LogP contribution < -0.4 is 24.3 Å². The van der Waals surface area contributed by atoms with Crippen molar-refractivity contribution in [2.75, 3.05) is 21.0 Å². The molecule has 0 saturated carbocycles. The molecule has 0 bridgehead atoms. The Morgan fingerprint density at radius 2 is 1.91 bits per heavy atom. The van der Waals surface area contributed by atoms with Gasteiger partial charge in [-0.1, -0.05) is 11.2 Å². The summed E-state index contributed by atoms with van der Waals surface area (Å²) in [6.07, 6.45) is 0. The second kappa shape index (κ2) is 7.69. The zero-order valence-corrected chi connectivity index (χ0v) is 18.1. The molecular weight excluding hydrogens is 432 g/mol. The lowest BCUT2D eigenvalue weighted by Crippen LogP contribution is -2.40. The molecule has 0 aliphatic carbocycles. The molecule has 2 aliphatic heterocycles. The summed E-state index contributed by atoms with van der Waals surface area (Å²) in [7, 11) is 3.07. The Hall–Kier alpha value is -4.28.